The Hall–Kier alpha value is -1.36. The molecule has 128 valence electrons. The summed E-state index contributed by atoms with van der Waals surface area (Å²) in [5.74, 6) is -0.387. The van der Waals surface area contributed by atoms with Crippen LogP contribution in [-0.2, 0) is 19.1 Å². The minimum absolute atomic E-state index is 0.179. The topological polar surface area (TPSA) is 72.8 Å². The van der Waals surface area contributed by atoms with Crippen molar-refractivity contribution in [3.05, 3.63) is 12.7 Å². The molecular weight excluding hydrogens is 284 g/mol. The maximum atomic E-state index is 12.4. The van der Waals surface area contributed by atoms with Gasteiger partial charge in [0.15, 0.2) is 0 Å². The molecule has 0 spiro atoms. The van der Waals surface area contributed by atoms with E-state index in [2.05, 4.69) is 20.4 Å². The van der Waals surface area contributed by atoms with Crippen LogP contribution >= 0.6 is 0 Å². The lowest BCUT2D eigenvalue weighted by molar-refractivity contribution is -0.164. The first-order valence-electron chi connectivity index (χ1n) is 7.81. The summed E-state index contributed by atoms with van der Waals surface area (Å²) in [6.45, 7) is 13.0. The van der Waals surface area contributed by atoms with Gasteiger partial charge in [-0.25, -0.2) is 4.79 Å². The van der Waals surface area contributed by atoms with Crippen LogP contribution in [0.5, 0.6) is 0 Å². The number of hydrogen-bond donors (Lipinski definition) is 1. The van der Waals surface area contributed by atoms with Gasteiger partial charge in [-0.2, -0.15) is 0 Å². The first-order chi connectivity index (χ1) is 10.2. The Morgan fingerprint density at radius 3 is 2.23 bits per heavy atom. The quantitative estimate of drug-likeness (QED) is 0.496. The Kier molecular flexibility index (Phi) is 9.02. The maximum absolute atomic E-state index is 12.4. The van der Waals surface area contributed by atoms with Crippen LogP contribution in [0.3, 0.4) is 0 Å². The third kappa shape index (κ3) is 6.60. The van der Waals surface area contributed by atoms with E-state index >= 15 is 0 Å². The van der Waals surface area contributed by atoms with Crippen LogP contribution in [0.2, 0.25) is 0 Å². The van der Waals surface area contributed by atoms with Crippen molar-refractivity contribution in [2.45, 2.75) is 53.6 Å². The van der Waals surface area contributed by atoms with Crippen molar-refractivity contribution in [3.63, 3.8) is 0 Å². The number of carbonyl (C=O) groups is 2. The van der Waals surface area contributed by atoms with Crippen LogP contribution in [0.4, 0.5) is 0 Å². The van der Waals surface area contributed by atoms with Crippen molar-refractivity contribution in [1.29, 1.82) is 0 Å². The minimum atomic E-state index is -1.03. The third-order valence-electron chi connectivity index (χ3n) is 3.99. The summed E-state index contributed by atoms with van der Waals surface area (Å²) in [5, 5.41) is 9.70. The van der Waals surface area contributed by atoms with Crippen molar-refractivity contribution in [2.24, 2.45) is 17.3 Å². The van der Waals surface area contributed by atoms with Gasteiger partial charge in [-0.05, 0) is 25.2 Å². The van der Waals surface area contributed by atoms with E-state index in [0.29, 0.717) is 5.92 Å². The molecule has 2 unspecified atom stereocenters. The highest BCUT2D eigenvalue weighted by Gasteiger charge is 2.40. The highest BCUT2D eigenvalue weighted by atomic mass is 16.6. The fourth-order valence-corrected chi connectivity index (χ4v) is 2.41. The number of esters is 2. The smallest absolute Gasteiger partial charge is 0.330 e. The zero-order valence-electron chi connectivity index (χ0n) is 14.4. The SMILES string of the molecule is C=CC(=O)OCC(O)COC(=O)C(C)(CC(C)C)[C@@H](C)CC. The van der Waals surface area contributed by atoms with Gasteiger partial charge in [0, 0.05) is 6.08 Å². The van der Waals surface area contributed by atoms with Crippen molar-refractivity contribution >= 4 is 11.9 Å². The molecule has 0 bridgehead atoms. The predicted octanol–water partition coefficient (Wildman–Crippen LogP) is 2.72. The Morgan fingerprint density at radius 2 is 1.77 bits per heavy atom. The monoisotopic (exact) mass is 314 g/mol. The average Bonchev–Trinajstić information content (AvgIpc) is 2.48. The summed E-state index contributed by atoms with van der Waals surface area (Å²) < 4.78 is 9.96. The summed E-state index contributed by atoms with van der Waals surface area (Å²) >= 11 is 0. The van der Waals surface area contributed by atoms with E-state index in [0.717, 1.165) is 18.9 Å². The van der Waals surface area contributed by atoms with Gasteiger partial charge in [-0.15, -0.1) is 0 Å². The van der Waals surface area contributed by atoms with Gasteiger partial charge in [0.05, 0.1) is 5.41 Å². The summed E-state index contributed by atoms with van der Waals surface area (Å²) in [7, 11) is 0. The fourth-order valence-electron chi connectivity index (χ4n) is 2.41. The maximum Gasteiger partial charge on any atom is 0.330 e. The zero-order chi connectivity index (χ0) is 17.3. The Labute approximate surface area is 133 Å². The number of hydrogen-bond acceptors (Lipinski definition) is 5. The molecule has 0 aromatic rings. The van der Waals surface area contributed by atoms with Crippen LogP contribution < -0.4 is 0 Å². The average molecular weight is 314 g/mol. The van der Waals surface area contributed by atoms with Crippen LogP contribution in [0, 0.1) is 17.3 Å². The van der Waals surface area contributed by atoms with Gasteiger partial charge in [-0.1, -0.05) is 40.7 Å². The van der Waals surface area contributed by atoms with Gasteiger partial charge in [0.2, 0.25) is 0 Å². The lowest BCUT2D eigenvalue weighted by Gasteiger charge is -2.34. The summed E-state index contributed by atoms with van der Waals surface area (Å²) in [4.78, 5) is 23.3. The predicted molar refractivity (Wildman–Crippen MR) is 85.1 cm³/mol. The third-order valence-corrected chi connectivity index (χ3v) is 3.99. The molecule has 0 aliphatic rings. The molecule has 0 saturated carbocycles. The highest BCUT2D eigenvalue weighted by molar-refractivity contribution is 5.81. The molecule has 0 aromatic carbocycles. The molecule has 0 fully saturated rings. The van der Waals surface area contributed by atoms with Gasteiger partial charge < -0.3 is 14.6 Å². The van der Waals surface area contributed by atoms with E-state index in [-0.39, 0.29) is 25.1 Å². The van der Waals surface area contributed by atoms with Crippen LogP contribution in [0.15, 0.2) is 12.7 Å². The van der Waals surface area contributed by atoms with Crippen LogP contribution in [0.25, 0.3) is 0 Å². The van der Waals surface area contributed by atoms with E-state index in [4.69, 9.17) is 9.47 Å². The number of rotatable bonds is 10. The van der Waals surface area contributed by atoms with Crippen molar-refractivity contribution < 1.29 is 24.2 Å². The summed E-state index contributed by atoms with van der Waals surface area (Å²) in [6.07, 6.45) is 1.58. The molecule has 0 aliphatic heterocycles. The standard InChI is InChI=1S/C17H30O5/c1-7-13(5)17(6,9-12(3)4)16(20)22-11-14(18)10-21-15(19)8-2/h8,12-14,18H,2,7,9-11H2,1,3-6H3/t13-,14?,17?/m0/s1. The summed E-state index contributed by atoms with van der Waals surface area (Å²) in [6, 6.07) is 0. The normalized spacial score (nSPS) is 16.5. The number of ether oxygens (including phenoxy) is 2. The molecule has 0 saturated heterocycles. The molecule has 3 atom stereocenters. The molecule has 0 aliphatic carbocycles. The zero-order valence-corrected chi connectivity index (χ0v) is 14.4. The second-order valence-corrected chi connectivity index (χ2v) is 6.41. The van der Waals surface area contributed by atoms with E-state index in [1.807, 2.05) is 20.8 Å². The second kappa shape index (κ2) is 9.62. The molecule has 0 amide bonds. The van der Waals surface area contributed by atoms with Gasteiger partial charge in [0.25, 0.3) is 0 Å². The van der Waals surface area contributed by atoms with Crippen LogP contribution in [0.1, 0.15) is 47.5 Å². The minimum Gasteiger partial charge on any atom is -0.462 e. The van der Waals surface area contributed by atoms with Crippen molar-refractivity contribution in [2.75, 3.05) is 13.2 Å². The lowest BCUT2D eigenvalue weighted by atomic mass is 9.71. The van der Waals surface area contributed by atoms with Crippen LogP contribution in [-0.4, -0.2) is 36.4 Å². The molecule has 5 heteroatoms. The van der Waals surface area contributed by atoms with E-state index in [1.165, 1.54) is 0 Å². The number of aliphatic hydroxyl groups excluding tert-OH is 1. The van der Waals surface area contributed by atoms with E-state index < -0.39 is 17.5 Å². The molecule has 0 rings (SSSR count). The number of aliphatic hydroxyl groups is 1. The van der Waals surface area contributed by atoms with Crippen molar-refractivity contribution in [3.8, 4) is 0 Å². The molecule has 5 nitrogen and oxygen atoms in total. The lowest BCUT2D eigenvalue weighted by Crippen LogP contribution is -2.39. The highest BCUT2D eigenvalue weighted by Crippen LogP contribution is 2.37. The molecule has 0 radical (unpaired) electrons. The Morgan fingerprint density at radius 1 is 1.23 bits per heavy atom. The van der Waals surface area contributed by atoms with Gasteiger partial charge in [0.1, 0.15) is 19.3 Å². The van der Waals surface area contributed by atoms with E-state index in [9.17, 15) is 14.7 Å². The number of carbonyl (C=O) groups excluding carboxylic acids is 2. The van der Waals surface area contributed by atoms with Gasteiger partial charge >= 0.3 is 11.9 Å². The summed E-state index contributed by atoms with van der Waals surface area (Å²) in [5.41, 5.74) is -0.583. The molecule has 0 aromatic heterocycles. The van der Waals surface area contributed by atoms with Crippen molar-refractivity contribution in [1.82, 2.24) is 0 Å². The Balaban J connectivity index is 4.57. The first-order valence-corrected chi connectivity index (χ1v) is 7.81. The molecule has 1 N–H and O–H groups in total. The van der Waals surface area contributed by atoms with E-state index in [1.54, 1.807) is 0 Å². The molecular formula is C17H30O5. The molecule has 0 heterocycles. The Bertz CT molecular complexity index is 377. The largest absolute Gasteiger partial charge is 0.462 e. The van der Waals surface area contributed by atoms with Gasteiger partial charge in [-0.3, -0.25) is 4.79 Å². The second-order valence-electron chi connectivity index (χ2n) is 6.41. The molecule has 22 heavy (non-hydrogen) atoms. The fraction of sp³-hybridized carbons (Fsp3) is 0.765. The first kappa shape index (κ1) is 20.6.